The van der Waals surface area contributed by atoms with Gasteiger partial charge in [0.15, 0.2) is 0 Å². The molecule has 0 aromatic carbocycles. The van der Waals surface area contributed by atoms with E-state index in [0.717, 1.165) is 56.8 Å². The van der Waals surface area contributed by atoms with E-state index in [4.69, 9.17) is 0 Å². The summed E-state index contributed by atoms with van der Waals surface area (Å²) in [5.74, 6) is 1.10. The van der Waals surface area contributed by atoms with Crippen molar-refractivity contribution in [1.29, 1.82) is 0 Å². The van der Waals surface area contributed by atoms with E-state index in [9.17, 15) is 4.79 Å². The van der Waals surface area contributed by atoms with E-state index in [2.05, 4.69) is 19.9 Å². The highest BCUT2D eigenvalue weighted by atomic mass is 16.2. The minimum Gasteiger partial charge on any atom is -0.338 e. The van der Waals surface area contributed by atoms with Crippen LogP contribution in [0.2, 0.25) is 0 Å². The van der Waals surface area contributed by atoms with Gasteiger partial charge in [0.2, 0.25) is 5.91 Å². The van der Waals surface area contributed by atoms with Crippen molar-refractivity contribution in [3.8, 4) is 0 Å². The lowest BCUT2D eigenvalue weighted by Crippen LogP contribution is -2.51. The summed E-state index contributed by atoms with van der Waals surface area (Å²) in [7, 11) is 0. The second-order valence-electron chi connectivity index (χ2n) is 8.03. The Balaban J connectivity index is 1.35. The second-order valence-corrected chi connectivity index (χ2v) is 8.03. The maximum absolute atomic E-state index is 12.4. The number of carbonyl (C=O) groups is 1. The van der Waals surface area contributed by atoms with Crippen LogP contribution in [0.4, 0.5) is 0 Å². The molecule has 142 valence electrons. The minimum absolute atomic E-state index is 0.274. The molecule has 2 aliphatic heterocycles. The lowest BCUT2D eigenvalue weighted by Gasteiger charge is -2.47. The monoisotopic (exact) mass is 365 g/mol. The molecule has 2 aromatic rings. The highest BCUT2D eigenvalue weighted by Crippen LogP contribution is 2.40. The summed E-state index contributed by atoms with van der Waals surface area (Å²) in [4.78, 5) is 29.7. The molecule has 0 atom stereocenters. The molecule has 4 rings (SSSR count). The fraction of sp³-hybridized carbons (Fsp3) is 0.524. The smallest absolute Gasteiger partial charge is 0.222 e. The van der Waals surface area contributed by atoms with Crippen molar-refractivity contribution in [1.82, 2.24) is 24.8 Å². The zero-order chi connectivity index (χ0) is 18.7. The Bertz CT molecular complexity index is 769. The Morgan fingerprint density at radius 3 is 2.52 bits per heavy atom. The van der Waals surface area contributed by atoms with Crippen LogP contribution in [0.3, 0.4) is 0 Å². The summed E-state index contributed by atoms with van der Waals surface area (Å²) in [5, 5.41) is 0. The number of aryl methyl sites for hydroxylation is 1. The largest absolute Gasteiger partial charge is 0.338 e. The third-order valence-corrected chi connectivity index (χ3v) is 6.00. The Morgan fingerprint density at radius 2 is 1.81 bits per heavy atom. The standard InChI is InChI=1S/C21H27N5O/c1-17-23-12-19(13-24-17)14-25-9-6-21(7-10-25)5-4-20(27)26(16-21)15-18-3-2-8-22-11-18/h2-3,8,11-13H,4-7,9-10,14-16H2,1H3. The lowest BCUT2D eigenvalue weighted by atomic mass is 9.72. The van der Waals surface area contributed by atoms with E-state index in [1.807, 2.05) is 42.5 Å². The average molecular weight is 365 g/mol. The van der Waals surface area contributed by atoms with Crippen molar-refractivity contribution in [3.05, 3.63) is 53.9 Å². The number of pyridine rings is 1. The molecule has 0 bridgehead atoms. The van der Waals surface area contributed by atoms with Gasteiger partial charge >= 0.3 is 0 Å². The SMILES string of the molecule is Cc1ncc(CN2CCC3(CCC(=O)N(Cc4cccnc4)C3)CC2)cn1. The first-order valence-corrected chi connectivity index (χ1v) is 9.79. The minimum atomic E-state index is 0.274. The van der Waals surface area contributed by atoms with Crippen LogP contribution >= 0.6 is 0 Å². The third-order valence-electron chi connectivity index (χ3n) is 6.00. The van der Waals surface area contributed by atoms with Crippen molar-refractivity contribution >= 4 is 5.91 Å². The molecule has 27 heavy (non-hydrogen) atoms. The zero-order valence-corrected chi connectivity index (χ0v) is 16.0. The van der Waals surface area contributed by atoms with Crippen LogP contribution in [-0.4, -0.2) is 50.3 Å². The summed E-state index contributed by atoms with van der Waals surface area (Å²) >= 11 is 0. The number of hydrogen-bond donors (Lipinski definition) is 0. The molecule has 1 spiro atoms. The van der Waals surface area contributed by atoms with Crippen molar-refractivity contribution in [2.45, 2.75) is 45.7 Å². The molecule has 6 nitrogen and oxygen atoms in total. The van der Waals surface area contributed by atoms with Gasteiger partial charge in [-0.05, 0) is 56.3 Å². The van der Waals surface area contributed by atoms with Crippen LogP contribution in [0.25, 0.3) is 0 Å². The van der Waals surface area contributed by atoms with Gasteiger partial charge in [0, 0.05) is 56.4 Å². The van der Waals surface area contributed by atoms with E-state index in [1.165, 1.54) is 5.56 Å². The first kappa shape index (κ1) is 18.0. The van der Waals surface area contributed by atoms with E-state index < -0.39 is 0 Å². The Morgan fingerprint density at radius 1 is 1.04 bits per heavy atom. The molecule has 0 saturated carbocycles. The van der Waals surface area contributed by atoms with Crippen LogP contribution < -0.4 is 0 Å². The highest BCUT2D eigenvalue weighted by Gasteiger charge is 2.40. The number of aromatic nitrogens is 3. The van der Waals surface area contributed by atoms with E-state index in [0.29, 0.717) is 13.0 Å². The number of nitrogens with zero attached hydrogens (tertiary/aromatic N) is 5. The highest BCUT2D eigenvalue weighted by molar-refractivity contribution is 5.77. The molecular formula is C21H27N5O. The normalized spacial score (nSPS) is 20.2. The molecule has 4 heterocycles. The average Bonchev–Trinajstić information content (AvgIpc) is 2.69. The molecule has 0 unspecified atom stereocenters. The quantitative estimate of drug-likeness (QED) is 0.833. The predicted molar refractivity (Wildman–Crippen MR) is 103 cm³/mol. The third kappa shape index (κ3) is 4.33. The van der Waals surface area contributed by atoms with Gasteiger partial charge in [-0.25, -0.2) is 9.97 Å². The van der Waals surface area contributed by atoms with Gasteiger partial charge in [-0.2, -0.15) is 0 Å². The van der Waals surface area contributed by atoms with Gasteiger partial charge in [-0.3, -0.25) is 14.7 Å². The molecule has 0 aliphatic carbocycles. The number of hydrogen-bond acceptors (Lipinski definition) is 5. The van der Waals surface area contributed by atoms with Crippen LogP contribution in [0.5, 0.6) is 0 Å². The summed E-state index contributed by atoms with van der Waals surface area (Å²) in [6, 6.07) is 3.99. The van der Waals surface area contributed by atoms with Gasteiger partial charge in [-0.1, -0.05) is 6.07 Å². The van der Waals surface area contributed by atoms with Gasteiger partial charge < -0.3 is 4.90 Å². The molecule has 2 saturated heterocycles. The maximum Gasteiger partial charge on any atom is 0.222 e. The topological polar surface area (TPSA) is 62.2 Å². The Kier molecular flexibility index (Phi) is 5.16. The van der Waals surface area contributed by atoms with Crippen LogP contribution in [0, 0.1) is 12.3 Å². The summed E-state index contributed by atoms with van der Waals surface area (Å²) in [6.07, 6.45) is 11.5. The van der Waals surface area contributed by atoms with Gasteiger partial charge in [0.25, 0.3) is 0 Å². The molecule has 0 radical (unpaired) electrons. The molecular weight excluding hydrogens is 338 g/mol. The first-order chi connectivity index (χ1) is 13.1. The number of amides is 1. The summed E-state index contributed by atoms with van der Waals surface area (Å²) in [6.45, 7) is 6.53. The van der Waals surface area contributed by atoms with Crippen molar-refractivity contribution in [2.75, 3.05) is 19.6 Å². The zero-order valence-electron chi connectivity index (χ0n) is 16.0. The van der Waals surface area contributed by atoms with Gasteiger partial charge in [-0.15, -0.1) is 0 Å². The van der Waals surface area contributed by atoms with E-state index in [1.54, 1.807) is 6.20 Å². The molecule has 2 fully saturated rings. The van der Waals surface area contributed by atoms with Crippen molar-refractivity contribution in [3.63, 3.8) is 0 Å². The van der Waals surface area contributed by atoms with E-state index >= 15 is 0 Å². The van der Waals surface area contributed by atoms with Gasteiger partial charge in [0.05, 0.1) is 0 Å². The molecule has 1 amide bonds. The number of rotatable bonds is 4. The van der Waals surface area contributed by atoms with E-state index in [-0.39, 0.29) is 11.3 Å². The Labute approximate surface area is 160 Å². The number of piperidine rings is 2. The molecule has 2 aromatic heterocycles. The van der Waals surface area contributed by atoms with Crippen LogP contribution in [0.15, 0.2) is 36.9 Å². The molecule has 0 N–H and O–H groups in total. The number of carbonyl (C=O) groups excluding carboxylic acids is 1. The number of likely N-dealkylation sites (tertiary alicyclic amines) is 2. The predicted octanol–water partition coefficient (Wildman–Crippen LogP) is 2.58. The molecule has 2 aliphatic rings. The lowest BCUT2D eigenvalue weighted by molar-refractivity contribution is -0.140. The van der Waals surface area contributed by atoms with Crippen LogP contribution in [0.1, 0.15) is 42.6 Å². The summed E-state index contributed by atoms with van der Waals surface area (Å²) < 4.78 is 0. The fourth-order valence-corrected chi connectivity index (χ4v) is 4.31. The maximum atomic E-state index is 12.4. The fourth-order valence-electron chi connectivity index (χ4n) is 4.31. The summed E-state index contributed by atoms with van der Waals surface area (Å²) in [5.41, 5.74) is 2.56. The van der Waals surface area contributed by atoms with Gasteiger partial charge in [0.1, 0.15) is 5.82 Å². The molecule has 6 heteroatoms. The van der Waals surface area contributed by atoms with Crippen LogP contribution in [-0.2, 0) is 17.9 Å². The van der Waals surface area contributed by atoms with Crippen molar-refractivity contribution in [2.24, 2.45) is 5.41 Å². The Hall–Kier alpha value is -2.34. The first-order valence-electron chi connectivity index (χ1n) is 9.79. The second kappa shape index (κ2) is 7.72. The van der Waals surface area contributed by atoms with Crippen molar-refractivity contribution < 1.29 is 4.79 Å².